The second-order valence-corrected chi connectivity index (χ2v) is 7.92. The summed E-state index contributed by atoms with van der Waals surface area (Å²) >= 11 is 0. The third-order valence-electron chi connectivity index (χ3n) is 5.46. The van der Waals surface area contributed by atoms with Crippen LogP contribution in [0.25, 0.3) is 10.9 Å². The molecule has 4 N–H and O–H groups in total. The summed E-state index contributed by atoms with van der Waals surface area (Å²) < 4.78 is 6.10. The molecule has 1 aliphatic rings. The van der Waals surface area contributed by atoms with Crippen molar-refractivity contribution < 1.29 is 14.6 Å². The Bertz CT molecular complexity index is 1050. The number of nitrogens with two attached hydrogens (primary N) is 1. The van der Waals surface area contributed by atoms with E-state index in [1.807, 2.05) is 50.2 Å². The van der Waals surface area contributed by atoms with E-state index >= 15 is 0 Å². The Morgan fingerprint density at radius 1 is 1.17 bits per heavy atom. The highest BCUT2D eigenvalue weighted by molar-refractivity contribution is 5.95. The molecule has 1 aromatic heterocycles. The fraction of sp³-hybridized carbons (Fsp3) is 0.304. The minimum absolute atomic E-state index is 0.212. The molecular weight excluding hydrogens is 366 g/mol. The molecule has 4 rings (SSSR count). The zero-order valence-corrected chi connectivity index (χ0v) is 16.6. The predicted molar refractivity (Wildman–Crippen MR) is 112 cm³/mol. The maximum atomic E-state index is 11.5. The van der Waals surface area contributed by atoms with Crippen molar-refractivity contribution in [2.75, 3.05) is 6.54 Å². The number of primary amides is 1. The van der Waals surface area contributed by atoms with E-state index in [1.165, 1.54) is 5.56 Å². The van der Waals surface area contributed by atoms with Gasteiger partial charge < -0.3 is 20.9 Å². The van der Waals surface area contributed by atoms with Crippen molar-refractivity contribution in [2.24, 2.45) is 5.73 Å². The van der Waals surface area contributed by atoms with Crippen molar-refractivity contribution in [2.45, 2.75) is 38.0 Å². The van der Waals surface area contributed by atoms with E-state index in [0.717, 1.165) is 17.4 Å². The van der Waals surface area contributed by atoms with Gasteiger partial charge in [0.25, 0.3) is 5.91 Å². The van der Waals surface area contributed by atoms with E-state index in [1.54, 1.807) is 6.07 Å². The van der Waals surface area contributed by atoms with Gasteiger partial charge in [-0.3, -0.25) is 4.79 Å². The maximum absolute atomic E-state index is 11.5. The number of aromatic nitrogens is 1. The van der Waals surface area contributed by atoms with E-state index in [2.05, 4.69) is 22.4 Å². The highest BCUT2D eigenvalue weighted by atomic mass is 16.5. The van der Waals surface area contributed by atoms with Gasteiger partial charge in [0, 0.05) is 10.9 Å². The number of nitrogens with zero attached hydrogens (tertiary/aromatic N) is 1. The monoisotopic (exact) mass is 391 g/mol. The van der Waals surface area contributed by atoms with Gasteiger partial charge in [0.15, 0.2) is 0 Å². The Morgan fingerprint density at radius 2 is 1.93 bits per heavy atom. The van der Waals surface area contributed by atoms with Crippen LogP contribution >= 0.6 is 0 Å². The molecule has 0 bridgehead atoms. The van der Waals surface area contributed by atoms with E-state index in [0.29, 0.717) is 17.8 Å². The molecule has 6 nitrogen and oxygen atoms in total. The molecule has 0 aliphatic carbocycles. The number of hydrogen-bond donors (Lipinski definition) is 3. The molecule has 2 aromatic carbocycles. The molecule has 1 aliphatic heterocycles. The van der Waals surface area contributed by atoms with Gasteiger partial charge in [-0.2, -0.15) is 0 Å². The Labute approximate surface area is 169 Å². The fourth-order valence-electron chi connectivity index (χ4n) is 3.89. The number of nitrogens with one attached hydrogen (secondary N) is 1. The lowest BCUT2D eigenvalue weighted by molar-refractivity contribution is -0.0638. The van der Waals surface area contributed by atoms with Crippen LogP contribution in [0.15, 0.2) is 54.6 Å². The second kappa shape index (κ2) is 7.46. The standard InChI is InChI=1S/C23H25N3O3/c1-23(2)21(27)20(25-13-12-14-6-4-3-5-7-14)19-15-8-9-17(22(24)28)26-16(15)10-11-18(19)29-23/h3-11,20-21,25,27H,12-13H2,1-2H3,(H2,24,28). The van der Waals surface area contributed by atoms with Gasteiger partial charge in [-0.25, -0.2) is 4.98 Å². The average Bonchev–Trinajstić information content (AvgIpc) is 2.70. The second-order valence-electron chi connectivity index (χ2n) is 7.92. The Hall–Kier alpha value is -2.96. The lowest BCUT2D eigenvalue weighted by Gasteiger charge is -2.43. The Kier molecular flexibility index (Phi) is 4.98. The largest absolute Gasteiger partial charge is 0.485 e. The van der Waals surface area contributed by atoms with Gasteiger partial charge in [0.1, 0.15) is 23.1 Å². The summed E-state index contributed by atoms with van der Waals surface area (Å²) in [4.78, 5) is 15.9. The normalized spacial score (nSPS) is 20.1. The van der Waals surface area contributed by atoms with Crippen LogP contribution < -0.4 is 15.8 Å². The number of carbonyl (C=O) groups is 1. The number of carbonyl (C=O) groups excluding carboxylic acids is 1. The summed E-state index contributed by atoms with van der Waals surface area (Å²) in [6.45, 7) is 4.46. The highest BCUT2D eigenvalue weighted by Gasteiger charge is 2.43. The van der Waals surface area contributed by atoms with Crippen LogP contribution in [-0.2, 0) is 6.42 Å². The summed E-state index contributed by atoms with van der Waals surface area (Å²) in [7, 11) is 0. The van der Waals surface area contributed by atoms with Crippen molar-refractivity contribution in [1.82, 2.24) is 10.3 Å². The predicted octanol–water partition coefficient (Wildman–Crippen LogP) is 2.74. The summed E-state index contributed by atoms with van der Waals surface area (Å²) in [5.74, 6) is 0.137. The van der Waals surface area contributed by atoms with Crippen LogP contribution in [0, 0.1) is 0 Å². The van der Waals surface area contributed by atoms with Crippen LogP contribution in [0.2, 0.25) is 0 Å². The van der Waals surface area contributed by atoms with Gasteiger partial charge in [-0.15, -0.1) is 0 Å². The molecule has 2 atom stereocenters. The molecular formula is C23H25N3O3. The molecule has 29 heavy (non-hydrogen) atoms. The number of ether oxygens (including phenoxy) is 1. The third-order valence-corrected chi connectivity index (χ3v) is 5.46. The zero-order valence-electron chi connectivity index (χ0n) is 16.6. The van der Waals surface area contributed by atoms with Crippen LogP contribution in [0.4, 0.5) is 0 Å². The minimum Gasteiger partial charge on any atom is -0.485 e. The number of rotatable bonds is 5. The van der Waals surface area contributed by atoms with Gasteiger partial charge in [0.05, 0.1) is 11.6 Å². The summed E-state index contributed by atoms with van der Waals surface area (Å²) in [5.41, 5.74) is 7.56. The number of pyridine rings is 1. The molecule has 0 saturated carbocycles. The Morgan fingerprint density at radius 3 is 2.66 bits per heavy atom. The van der Waals surface area contributed by atoms with Gasteiger partial charge in [0.2, 0.25) is 0 Å². The molecule has 150 valence electrons. The summed E-state index contributed by atoms with van der Waals surface area (Å²) in [5, 5.41) is 15.4. The number of aliphatic hydroxyl groups is 1. The van der Waals surface area contributed by atoms with Gasteiger partial charge >= 0.3 is 0 Å². The molecule has 2 heterocycles. The van der Waals surface area contributed by atoms with E-state index < -0.39 is 17.6 Å². The first kappa shape index (κ1) is 19.4. The van der Waals surface area contributed by atoms with Gasteiger partial charge in [-0.05, 0) is 56.6 Å². The van der Waals surface area contributed by atoms with E-state index in [9.17, 15) is 9.90 Å². The smallest absolute Gasteiger partial charge is 0.267 e. The molecule has 6 heteroatoms. The zero-order chi connectivity index (χ0) is 20.6. The molecule has 0 fully saturated rings. The first-order valence-electron chi connectivity index (χ1n) is 9.74. The third kappa shape index (κ3) is 3.69. The van der Waals surface area contributed by atoms with Crippen LogP contribution in [0.1, 0.15) is 41.5 Å². The quantitative estimate of drug-likeness (QED) is 0.621. The van der Waals surface area contributed by atoms with Crippen LogP contribution in [0.5, 0.6) is 5.75 Å². The van der Waals surface area contributed by atoms with Crippen LogP contribution in [0.3, 0.4) is 0 Å². The van der Waals surface area contributed by atoms with Crippen LogP contribution in [-0.4, -0.2) is 34.2 Å². The average molecular weight is 391 g/mol. The lowest BCUT2D eigenvalue weighted by Crippen LogP contribution is -2.52. The van der Waals surface area contributed by atoms with Crippen molar-refractivity contribution in [1.29, 1.82) is 0 Å². The molecule has 0 spiro atoms. The first-order valence-corrected chi connectivity index (χ1v) is 9.74. The highest BCUT2D eigenvalue weighted by Crippen LogP contribution is 2.43. The minimum atomic E-state index is -0.757. The van der Waals surface area contributed by atoms with Crippen molar-refractivity contribution >= 4 is 16.8 Å². The van der Waals surface area contributed by atoms with E-state index in [-0.39, 0.29) is 11.7 Å². The van der Waals surface area contributed by atoms with E-state index in [4.69, 9.17) is 10.5 Å². The number of benzene rings is 2. The molecule has 2 unspecified atom stereocenters. The fourth-order valence-corrected chi connectivity index (χ4v) is 3.89. The summed E-state index contributed by atoms with van der Waals surface area (Å²) in [6.07, 6.45) is 0.0855. The lowest BCUT2D eigenvalue weighted by atomic mass is 9.84. The number of aliphatic hydroxyl groups excluding tert-OH is 1. The SMILES string of the molecule is CC1(C)Oc2ccc3nc(C(N)=O)ccc3c2C(NCCc2ccccc2)C1O. The van der Waals surface area contributed by atoms with Crippen molar-refractivity contribution in [3.63, 3.8) is 0 Å². The Balaban J connectivity index is 1.71. The first-order chi connectivity index (χ1) is 13.9. The van der Waals surface area contributed by atoms with Crippen molar-refractivity contribution in [3.05, 3.63) is 71.4 Å². The molecule has 1 amide bonds. The maximum Gasteiger partial charge on any atom is 0.267 e. The van der Waals surface area contributed by atoms with Crippen molar-refractivity contribution in [3.8, 4) is 5.75 Å². The molecule has 0 radical (unpaired) electrons. The molecule has 3 aromatic rings. The topological polar surface area (TPSA) is 97.5 Å². The summed E-state index contributed by atoms with van der Waals surface area (Å²) in [6, 6.07) is 17.0. The molecule has 0 saturated heterocycles. The number of amides is 1. The number of fused-ring (bicyclic) bond motifs is 3. The number of hydrogen-bond acceptors (Lipinski definition) is 5. The van der Waals surface area contributed by atoms with Gasteiger partial charge in [-0.1, -0.05) is 30.3 Å².